The van der Waals surface area contributed by atoms with Gasteiger partial charge in [0.15, 0.2) is 0 Å². The van der Waals surface area contributed by atoms with Gasteiger partial charge in [-0.2, -0.15) is 0 Å². The Bertz CT molecular complexity index is 333. The van der Waals surface area contributed by atoms with Crippen LogP contribution in [0.5, 0.6) is 0 Å². The van der Waals surface area contributed by atoms with Gasteiger partial charge in [-0.3, -0.25) is 4.79 Å². The average molecular weight is 301 g/mol. The number of carbonyl (C=O) groups excluding carboxylic acids is 1. The highest BCUT2D eigenvalue weighted by atomic mass is 35.5. The lowest BCUT2D eigenvalue weighted by Crippen LogP contribution is -2.40. The van der Waals surface area contributed by atoms with Gasteiger partial charge in [-0.1, -0.05) is 25.7 Å². The molecule has 116 valence electrons. The molecule has 2 aliphatic carbocycles. The SMILES string of the molecule is CN(C(=O)C1CC12CCNCC2)C1CCCCCC1.Cl. The van der Waals surface area contributed by atoms with Crippen molar-refractivity contribution in [3.63, 3.8) is 0 Å². The fourth-order valence-electron chi connectivity index (χ4n) is 4.24. The smallest absolute Gasteiger partial charge is 0.226 e. The number of rotatable bonds is 2. The Labute approximate surface area is 129 Å². The molecule has 0 aromatic carbocycles. The van der Waals surface area contributed by atoms with E-state index in [1.54, 1.807) is 0 Å². The van der Waals surface area contributed by atoms with Gasteiger partial charge in [-0.15, -0.1) is 12.4 Å². The van der Waals surface area contributed by atoms with E-state index >= 15 is 0 Å². The maximum absolute atomic E-state index is 12.7. The molecule has 1 unspecified atom stereocenters. The van der Waals surface area contributed by atoms with Crippen LogP contribution in [0.2, 0.25) is 0 Å². The molecule has 1 spiro atoms. The van der Waals surface area contributed by atoms with E-state index in [1.165, 1.54) is 51.4 Å². The summed E-state index contributed by atoms with van der Waals surface area (Å²) in [5.74, 6) is 0.802. The zero-order chi connectivity index (χ0) is 13.3. The zero-order valence-corrected chi connectivity index (χ0v) is 13.5. The first-order chi connectivity index (χ1) is 9.23. The van der Waals surface area contributed by atoms with Gasteiger partial charge in [-0.05, 0) is 50.6 Å². The number of piperidine rings is 1. The fraction of sp³-hybridized carbons (Fsp3) is 0.938. The van der Waals surface area contributed by atoms with Crippen LogP contribution in [0.15, 0.2) is 0 Å². The molecule has 3 nitrogen and oxygen atoms in total. The summed E-state index contributed by atoms with van der Waals surface area (Å²) in [6, 6.07) is 0.523. The zero-order valence-electron chi connectivity index (χ0n) is 12.7. The van der Waals surface area contributed by atoms with Crippen molar-refractivity contribution in [1.82, 2.24) is 10.2 Å². The highest BCUT2D eigenvalue weighted by molar-refractivity contribution is 5.85. The van der Waals surface area contributed by atoms with Crippen LogP contribution >= 0.6 is 12.4 Å². The molecule has 3 fully saturated rings. The maximum Gasteiger partial charge on any atom is 0.226 e. The molecule has 1 amide bonds. The lowest BCUT2D eigenvalue weighted by Gasteiger charge is -2.29. The van der Waals surface area contributed by atoms with Crippen molar-refractivity contribution in [2.45, 2.75) is 63.8 Å². The molecule has 0 aromatic heterocycles. The second-order valence-electron chi connectivity index (χ2n) is 6.96. The highest BCUT2D eigenvalue weighted by Gasteiger charge is 2.58. The first-order valence-corrected chi connectivity index (χ1v) is 8.20. The number of hydrogen-bond donors (Lipinski definition) is 1. The number of hydrogen-bond acceptors (Lipinski definition) is 2. The molecule has 20 heavy (non-hydrogen) atoms. The minimum atomic E-state index is 0. The van der Waals surface area contributed by atoms with Crippen LogP contribution in [-0.2, 0) is 4.79 Å². The van der Waals surface area contributed by atoms with Crippen LogP contribution in [0.4, 0.5) is 0 Å². The van der Waals surface area contributed by atoms with Crippen molar-refractivity contribution in [2.24, 2.45) is 11.3 Å². The molecule has 0 aromatic rings. The van der Waals surface area contributed by atoms with Gasteiger partial charge in [0.05, 0.1) is 0 Å². The molecule has 0 bridgehead atoms. The Kier molecular flexibility index (Phi) is 5.36. The molecule has 2 saturated carbocycles. The molecule has 3 rings (SSSR count). The van der Waals surface area contributed by atoms with Crippen molar-refractivity contribution in [3.8, 4) is 0 Å². The van der Waals surface area contributed by atoms with Crippen molar-refractivity contribution < 1.29 is 4.79 Å². The van der Waals surface area contributed by atoms with Crippen LogP contribution < -0.4 is 5.32 Å². The van der Waals surface area contributed by atoms with Gasteiger partial charge < -0.3 is 10.2 Å². The van der Waals surface area contributed by atoms with E-state index in [-0.39, 0.29) is 12.4 Å². The van der Waals surface area contributed by atoms with Crippen LogP contribution in [0.3, 0.4) is 0 Å². The molecular weight excluding hydrogens is 272 g/mol. The highest BCUT2D eigenvalue weighted by Crippen LogP contribution is 2.59. The quantitative estimate of drug-likeness (QED) is 0.795. The Morgan fingerprint density at radius 2 is 1.70 bits per heavy atom. The standard InChI is InChI=1S/C16H28N2O.ClH/c1-18(13-6-4-2-3-5-7-13)15(19)14-12-16(14)8-10-17-11-9-16;/h13-14,17H,2-12H2,1H3;1H. The van der Waals surface area contributed by atoms with Crippen molar-refractivity contribution >= 4 is 18.3 Å². The maximum atomic E-state index is 12.7. The van der Waals surface area contributed by atoms with Gasteiger partial charge in [0, 0.05) is 19.0 Å². The molecule has 1 saturated heterocycles. The summed E-state index contributed by atoms with van der Waals surface area (Å²) >= 11 is 0. The van der Waals surface area contributed by atoms with E-state index in [0.717, 1.165) is 19.5 Å². The third kappa shape index (κ3) is 3.14. The van der Waals surface area contributed by atoms with Crippen LogP contribution in [0, 0.1) is 11.3 Å². The van der Waals surface area contributed by atoms with Crippen LogP contribution in [0.1, 0.15) is 57.8 Å². The van der Waals surface area contributed by atoms with Gasteiger partial charge in [0.2, 0.25) is 5.91 Å². The van der Waals surface area contributed by atoms with E-state index in [1.807, 2.05) is 0 Å². The normalized spacial score (nSPS) is 29.4. The number of nitrogens with zero attached hydrogens (tertiary/aromatic N) is 1. The summed E-state index contributed by atoms with van der Waals surface area (Å²) in [5.41, 5.74) is 0.390. The van der Waals surface area contributed by atoms with Gasteiger partial charge in [0.25, 0.3) is 0 Å². The largest absolute Gasteiger partial charge is 0.343 e. The number of carbonyl (C=O) groups is 1. The third-order valence-corrected chi connectivity index (χ3v) is 5.81. The average Bonchev–Trinajstić information content (AvgIpc) is 3.18. The predicted octanol–water partition coefficient (Wildman–Crippen LogP) is 2.98. The summed E-state index contributed by atoms with van der Waals surface area (Å²) in [5, 5.41) is 3.42. The molecule has 0 radical (unpaired) electrons. The molecule has 4 heteroatoms. The fourth-order valence-corrected chi connectivity index (χ4v) is 4.24. The summed E-state index contributed by atoms with van der Waals surface area (Å²) in [4.78, 5) is 14.8. The Balaban J connectivity index is 0.00000147. The number of halogens is 1. The van der Waals surface area contributed by atoms with Crippen molar-refractivity contribution in [2.75, 3.05) is 20.1 Å². The second kappa shape index (κ2) is 6.65. The van der Waals surface area contributed by atoms with Gasteiger partial charge in [0.1, 0.15) is 0 Å². The minimum Gasteiger partial charge on any atom is -0.343 e. The Morgan fingerprint density at radius 3 is 2.30 bits per heavy atom. The van der Waals surface area contributed by atoms with Crippen LogP contribution in [-0.4, -0.2) is 37.0 Å². The Morgan fingerprint density at radius 1 is 1.10 bits per heavy atom. The monoisotopic (exact) mass is 300 g/mol. The predicted molar refractivity (Wildman–Crippen MR) is 84.2 cm³/mol. The van der Waals surface area contributed by atoms with Gasteiger partial charge >= 0.3 is 0 Å². The van der Waals surface area contributed by atoms with E-state index in [2.05, 4.69) is 17.3 Å². The molecule has 3 aliphatic rings. The topological polar surface area (TPSA) is 32.3 Å². The first-order valence-electron chi connectivity index (χ1n) is 8.20. The van der Waals surface area contributed by atoms with E-state index in [0.29, 0.717) is 23.3 Å². The number of nitrogens with one attached hydrogen (secondary N) is 1. The van der Waals surface area contributed by atoms with E-state index < -0.39 is 0 Å². The summed E-state index contributed by atoms with van der Waals surface area (Å²) in [7, 11) is 2.06. The van der Waals surface area contributed by atoms with Gasteiger partial charge in [-0.25, -0.2) is 0 Å². The van der Waals surface area contributed by atoms with E-state index in [4.69, 9.17) is 0 Å². The minimum absolute atomic E-state index is 0. The van der Waals surface area contributed by atoms with Crippen molar-refractivity contribution in [1.29, 1.82) is 0 Å². The summed E-state index contributed by atoms with van der Waals surface area (Å²) in [6.45, 7) is 2.22. The molecule has 1 heterocycles. The third-order valence-electron chi connectivity index (χ3n) is 5.81. The lowest BCUT2D eigenvalue weighted by molar-refractivity contribution is -0.134. The molecule has 1 aliphatic heterocycles. The summed E-state index contributed by atoms with van der Waals surface area (Å²) < 4.78 is 0. The molecule has 1 atom stereocenters. The molecule has 1 N–H and O–H groups in total. The summed E-state index contributed by atoms with van der Waals surface area (Å²) in [6.07, 6.45) is 11.4. The lowest BCUT2D eigenvalue weighted by atomic mass is 9.91. The second-order valence-corrected chi connectivity index (χ2v) is 6.96. The Hall–Kier alpha value is -0.280. The van der Waals surface area contributed by atoms with E-state index in [9.17, 15) is 4.79 Å². The van der Waals surface area contributed by atoms with Crippen molar-refractivity contribution in [3.05, 3.63) is 0 Å². The van der Waals surface area contributed by atoms with Crippen LogP contribution in [0.25, 0.3) is 0 Å². The first kappa shape index (κ1) is 16.1. The molecular formula is C16H29ClN2O. The number of amides is 1.